The van der Waals surface area contributed by atoms with Crippen molar-refractivity contribution in [3.8, 4) is 5.75 Å². The van der Waals surface area contributed by atoms with Crippen LogP contribution in [-0.4, -0.2) is 6.10 Å². The molecule has 3 nitrogen and oxygen atoms in total. The molecule has 3 rings (SSSR count). The van der Waals surface area contributed by atoms with E-state index < -0.39 is 17.7 Å². The minimum Gasteiger partial charge on any atom is -0.488 e. The normalized spacial score (nSPS) is 18.4. The lowest BCUT2D eigenvalue weighted by Gasteiger charge is -2.23. The summed E-state index contributed by atoms with van der Waals surface area (Å²) in [4.78, 5) is 0. The number of hydrazine groups is 1. The minimum atomic E-state index is -0.894. The van der Waals surface area contributed by atoms with Gasteiger partial charge in [-0.1, -0.05) is 30.3 Å². The largest absolute Gasteiger partial charge is 0.488 e. The number of benzene rings is 2. The Balaban J connectivity index is 1.91. The molecule has 0 aliphatic carbocycles. The van der Waals surface area contributed by atoms with Gasteiger partial charge in [-0.25, -0.2) is 14.2 Å². The molecule has 0 amide bonds. The fourth-order valence-corrected chi connectivity index (χ4v) is 2.55. The highest BCUT2D eigenvalue weighted by Gasteiger charge is 2.32. The topological polar surface area (TPSA) is 47.3 Å². The van der Waals surface area contributed by atoms with Crippen LogP contribution in [-0.2, 0) is 6.42 Å². The molecule has 20 heavy (non-hydrogen) atoms. The summed E-state index contributed by atoms with van der Waals surface area (Å²) in [7, 11) is 0. The van der Waals surface area contributed by atoms with Crippen LogP contribution in [0.15, 0.2) is 42.5 Å². The van der Waals surface area contributed by atoms with Crippen molar-refractivity contribution >= 4 is 0 Å². The minimum absolute atomic E-state index is 0.172. The lowest BCUT2D eigenvalue weighted by Crippen LogP contribution is -2.39. The van der Waals surface area contributed by atoms with E-state index in [0.29, 0.717) is 6.42 Å². The van der Waals surface area contributed by atoms with Crippen molar-refractivity contribution in [1.82, 2.24) is 5.43 Å². The highest BCUT2D eigenvalue weighted by atomic mass is 19.2. The first-order valence-electron chi connectivity index (χ1n) is 6.35. The molecule has 1 aliphatic rings. The monoisotopic (exact) mass is 276 g/mol. The number of hydrogen-bond donors (Lipinski definition) is 2. The Morgan fingerprint density at radius 1 is 1.15 bits per heavy atom. The second-order valence-electron chi connectivity index (χ2n) is 4.76. The first-order valence-corrected chi connectivity index (χ1v) is 6.35. The van der Waals surface area contributed by atoms with E-state index in [0.717, 1.165) is 17.4 Å². The lowest BCUT2D eigenvalue weighted by molar-refractivity contribution is 0.176. The molecule has 2 aromatic carbocycles. The number of nitrogens with one attached hydrogen (secondary N) is 1. The molecule has 104 valence electrons. The van der Waals surface area contributed by atoms with Gasteiger partial charge in [0, 0.05) is 12.0 Å². The van der Waals surface area contributed by atoms with Crippen LogP contribution in [0.3, 0.4) is 0 Å². The van der Waals surface area contributed by atoms with Crippen LogP contribution in [0.2, 0.25) is 0 Å². The summed E-state index contributed by atoms with van der Waals surface area (Å²) in [6, 6.07) is 11.0. The molecular formula is C15H14F2N2O. The fourth-order valence-electron chi connectivity index (χ4n) is 2.55. The molecule has 0 radical (unpaired) electrons. The van der Waals surface area contributed by atoms with Gasteiger partial charge in [0.2, 0.25) is 0 Å². The van der Waals surface area contributed by atoms with E-state index in [1.165, 1.54) is 12.1 Å². The molecule has 2 atom stereocenters. The molecule has 0 fully saturated rings. The van der Waals surface area contributed by atoms with Crippen molar-refractivity contribution in [2.24, 2.45) is 5.84 Å². The van der Waals surface area contributed by atoms with Gasteiger partial charge in [0.05, 0.1) is 6.04 Å². The molecule has 1 heterocycles. The van der Waals surface area contributed by atoms with E-state index in [1.54, 1.807) is 0 Å². The van der Waals surface area contributed by atoms with Crippen LogP contribution in [0.5, 0.6) is 5.75 Å². The maximum atomic E-state index is 13.9. The van der Waals surface area contributed by atoms with E-state index >= 15 is 0 Å². The number of halogens is 2. The van der Waals surface area contributed by atoms with Crippen LogP contribution in [0, 0.1) is 11.6 Å². The number of fused-ring (bicyclic) bond motifs is 1. The quantitative estimate of drug-likeness (QED) is 0.669. The summed E-state index contributed by atoms with van der Waals surface area (Å²) in [6.07, 6.45) is 0.231. The lowest BCUT2D eigenvalue weighted by atomic mass is 9.97. The summed E-state index contributed by atoms with van der Waals surface area (Å²) < 4.78 is 33.0. The molecule has 1 aliphatic heterocycles. The third kappa shape index (κ3) is 2.15. The number of ether oxygens (including phenoxy) is 1. The third-order valence-electron chi connectivity index (χ3n) is 3.54. The van der Waals surface area contributed by atoms with Gasteiger partial charge in [0.1, 0.15) is 11.9 Å². The van der Waals surface area contributed by atoms with E-state index in [4.69, 9.17) is 10.6 Å². The number of hydrogen-bond acceptors (Lipinski definition) is 3. The van der Waals surface area contributed by atoms with Crippen molar-refractivity contribution in [1.29, 1.82) is 0 Å². The van der Waals surface area contributed by atoms with Gasteiger partial charge in [-0.15, -0.1) is 0 Å². The van der Waals surface area contributed by atoms with Crippen LogP contribution in [0.1, 0.15) is 17.2 Å². The summed E-state index contributed by atoms with van der Waals surface area (Å²) in [5.41, 5.74) is 3.74. The summed E-state index contributed by atoms with van der Waals surface area (Å²) >= 11 is 0. The molecule has 2 aromatic rings. The second kappa shape index (κ2) is 5.19. The van der Waals surface area contributed by atoms with Gasteiger partial charge < -0.3 is 4.74 Å². The number of para-hydroxylation sites is 1. The van der Waals surface area contributed by atoms with Crippen LogP contribution >= 0.6 is 0 Å². The summed E-state index contributed by atoms with van der Waals surface area (Å²) in [6.45, 7) is 0. The third-order valence-corrected chi connectivity index (χ3v) is 3.54. The average Bonchev–Trinajstić information content (AvgIpc) is 2.87. The van der Waals surface area contributed by atoms with Crippen molar-refractivity contribution in [2.45, 2.75) is 18.6 Å². The Kier molecular flexibility index (Phi) is 3.38. The van der Waals surface area contributed by atoms with Crippen LogP contribution in [0.4, 0.5) is 8.78 Å². The average molecular weight is 276 g/mol. The van der Waals surface area contributed by atoms with Crippen LogP contribution < -0.4 is 16.0 Å². The van der Waals surface area contributed by atoms with Crippen molar-refractivity contribution in [2.75, 3.05) is 0 Å². The fraction of sp³-hybridized carbons (Fsp3) is 0.200. The molecule has 0 saturated heterocycles. The highest BCUT2D eigenvalue weighted by Crippen LogP contribution is 2.34. The molecule has 0 saturated carbocycles. The summed E-state index contributed by atoms with van der Waals surface area (Å²) in [5.74, 6) is 4.49. The van der Waals surface area contributed by atoms with E-state index in [-0.39, 0.29) is 11.7 Å². The molecule has 0 aromatic heterocycles. The molecule has 0 spiro atoms. The van der Waals surface area contributed by atoms with Gasteiger partial charge >= 0.3 is 0 Å². The maximum Gasteiger partial charge on any atom is 0.163 e. The molecular weight excluding hydrogens is 262 g/mol. The molecule has 3 N–H and O–H groups in total. The zero-order valence-electron chi connectivity index (χ0n) is 10.6. The first-order chi connectivity index (χ1) is 9.70. The SMILES string of the molecule is NNC(c1cccc(F)c1F)C1Cc2ccccc2O1. The number of rotatable bonds is 3. The zero-order chi connectivity index (χ0) is 14.1. The van der Waals surface area contributed by atoms with E-state index in [1.807, 2.05) is 24.3 Å². The molecule has 2 unspecified atom stereocenters. The van der Waals surface area contributed by atoms with Crippen molar-refractivity contribution < 1.29 is 13.5 Å². The maximum absolute atomic E-state index is 13.9. The predicted octanol–water partition coefficient (Wildman–Crippen LogP) is 2.47. The highest BCUT2D eigenvalue weighted by molar-refractivity contribution is 5.38. The Labute approximate surface area is 115 Å². The van der Waals surface area contributed by atoms with E-state index in [2.05, 4.69) is 5.43 Å². The van der Waals surface area contributed by atoms with Gasteiger partial charge in [0.15, 0.2) is 11.6 Å². The molecule has 5 heteroatoms. The first kappa shape index (κ1) is 13.0. The van der Waals surface area contributed by atoms with Gasteiger partial charge in [-0.3, -0.25) is 5.84 Å². The van der Waals surface area contributed by atoms with Crippen molar-refractivity contribution in [3.05, 3.63) is 65.2 Å². The second-order valence-corrected chi connectivity index (χ2v) is 4.76. The summed E-state index contributed by atoms with van der Waals surface area (Å²) in [5, 5.41) is 0. The van der Waals surface area contributed by atoms with Crippen molar-refractivity contribution in [3.63, 3.8) is 0 Å². The Hall–Kier alpha value is -1.98. The zero-order valence-corrected chi connectivity index (χ0v) is 10.6. The predicted molar refractivity (Wildman–Crippen MR) is 71.0 cm³/mol. The molecule has 0 bridgehead atoms. The van der Waals surface area contributed by atoms with Crippen LogP contribution in [0.25, 0.3) is 0 Å². The smallest absolute Gasteiger partial charge is 0.163 e. The Bertz CT molecular complexity index is 608. The Morgan fingerprint density at radius 2 is 1.95 bits per heavy atom. The number of nitrogens with two attached hydrogens (primary N) is 1. The van der Waals surface area contributed by atoms with Gasteiger partial charge in [-0.2, -0.15) is 0 Å². The van der Waals surface area contributed by atoms with Gasteiger partial charge in [0.25, 0.3) is 0 Å². The van der Waals surface area contributed by atoms with E-state index in [9.17, 15) is 8.78 Å². The van der Waals surface area contributed by atoms with Gasteiger partial charge in [-0.05, 0) is 17.7 Å². The standard InChI is InChI=1S/C15H14F2N2O/c16-11-6-3-5-10(14(11)17)15(19-18)13-8-9-4-1-2-7-12(9)20-13/h1-7,13,15,19H,8,18H2. The Morgan fingerprint density at radius 3 is 2.70 bits per heavy atom.